The predicted octanol–water partition coefficient (Wildman–Crippen LogP) is 8.80. The van der Waals surface area contributed by atoms with Crippen LogP contribution in [0.4, 0.5) is 0 Å². The van der Waals surface area contributed by atoms with Crippen molar-refractivity contribution < 1.29 is 0 Å². The quantitative estimate of drug-likeness (QED) is 0.217. The van der Waals surface area contributed by atoms with E-state index in [1.54, 1.807) is 0 Å². The van der Waals surface area contributed by atoms with Gasteiger partial charge in [-0.3, -0.25) is 0 Å². The fourth-order valence-electron chi connectivity index (χ4n) is 6.20. The Bertz CT molecular complexity index is 1900. The van der Waals surface area contributed by atoms with E-state index in [2.05, 4.69) is 152 Å². The minimum Gasteiger partial charge on any atom is -0.0801 e. The van der Waals surface area contributed by atoms with Crippen LogP contribution < -0.4 is 10.4 Å². The highest BCUT2D eigenvalue weighted by Gasteiger charge is 2.26. The topological polar surface area (TPSA) is 0 Å². The lowest BCUT2D eigenvalue weighted by molar-refractivity contribution is 0.584. The molecule has 0 aliphatic heterocycles. The molecule has 6 rings (SSSR count). The Balaban J connectivity index is 1.89. The van der Waals surface area contributed by atoms with E-state index in [0.29, 0.717) is 0 Å². The van der Waals surface area contributed by atoms with Gasteiger partial charge in [0.05, 0.1) is 0 Å². The SMILES string of the molecule is Cc1ccc(C(c2ccc(C)cc2)=c2c(C(C)(C)C)cc3c(c2C2=CC=CC2)[C]=c2ccc(C(C)(C)C)cc2=3)cc1. The van der Waals surface area contributed by atoms with Crippen molar-refractivity contribution >= 4 is 17.2 Å². The molecule has 0 saturated heterocycles. The molecule has 0 saturated carbocycles. The molecule has 0 aromatic heterocycles. The van der Waals surface area contributed by atoms with Crippen molar-refractivity contribution in [2.24, 2.45) is 0 Å². The van der Waals surface area contributed by atoms with Crippen LogP contribution in [0.15, 0.2) is 91.0 Å². The molecule has 0 bridgehead atoms. The van der Waals surface area contributed by atoms with Gasteiger partial charge in [0.15, 0.2) is 0 Å². The molecule has 0 atom stereocenters. The molecule has 0 heterocycles. The van der Waals surface area contributed by atoms with Crippen molar-refractivity contribution in [2.45, 2.75) is 72.6 Å². The largest absolute Gasteiger partial charge is 0.0801 e. The summed E-state index contributed by atoms with van der Waals surface area (Å²) >= 11 is 0. The van der Waals surface area contributed by atoms with Crippen molar-refractivity contribution in [1.82, 2.24) is 0 Å². The lowest BCUT2D eigenvalue weighted by atomic mass is 9.78. The molecule has 41 heavy (non-hydrogen) atoms. The number of benzene rings is 4. The zero-order valence-electron chi connectivity index (χ0n) is 25.9. The average Bonchev–Trinajstić information content (AvgIpc) is 3.57. The first kappa shape index (κ1) is 27.3. The normalized spacial score (nSPS) is 14.0. The first-order chi connectivity index (χ1) is 19.4. The van der Waals surface area contributed by atoms with Crippen LogP contribution in [0.5, 0.6) is 0 Å². The van der Waals surface area contributed by atoms with Gasteiger partial charge in [-0.2, -0.15) is 0 Å². The van der Waals surface area contributed by atoms with Gasteiger partial charge in [0.1, 0.15) is 0 Å². The fraction of sp³-hybridized carbons (Fsp3) is 0.268. The summed E-state index contributed by atoms with van der Waals surface area (Å²) in [4.78, 5) is 0. The van der Waals surface area contributed by atoms with Crippen molar-refractivity contribution in [2.75, 3.05) is 0 Å². The third-order valence-corrected chi connectivity index (χ3v) is 8.59. The minimum absolute atomic E-state index is 0.0727. The lowest BCUT2D eigenvalue weighted by Crippen LogP contribution is -2.29. The summed E-state index contributed by atoms with van der Waals surface area (Å²) in [6.45, 7) is 18.3. The Morgan fingerprint density at radius 1 is 0.683 bits per heavy atom. The van der Waals surface area contributed by atoms with Gasteiger partial charge in [-0.25, -0.2) is 0 Å². The van der Waals surface area contributed by atoms with E-state index in [1.165, 1.54) is 76.5 Å². The molecule has 2 aliphatic rings. The van der Waals surface area contributed by atoms with Gasteiger partial charge in [0.25, 0.3) is 0 Å². The maximum absolute atomic E-state index is 3.92. The summed E-state index contributed by atoms with van der Waals surface area (Å²) < 4.78 is 0. The standard InChI is InChI=1S/C41H41/c1-26-13-17-29(18-14-26)37(30-19-15-27(2)16-20-30)39-36(41(6,7)8)25-34-33-24-32(40(3,4)5)22-21-31(33)23-35(34)38(39)28-11-9-10-12-28/h9-11,13-22,24-25H,12H2,1-8H3. The minimum atomic E-state index is -0.0727. The molecule has 0 N–H and O–H groups in total. The van der Waals surface area contributed by atoms with Gasteiger partial charge in [-0.1, -0.05) is 132 Å². The molecule has 0 spiro atoms. The third kappa shape index (κ3) is 4.95. The second-order valence-corrected chi connectivity index (χ2v) is 13.9. The highest BCUT2D eigenvalue weighted by molar-refractivity contribution is 5.88. The lowest BCUT2D eigenvalue weighted by Gasteiger charge is -2.26. The second-order valence-electron chi connectivity index (χ2n) is 13.9. The van der Waals surface area contributed by atoms with Gasteiger partial charge in [0, 0.05) is 0 Å². The number of hydrogen-bond donors (Lipinski definition) is 0. The summed E-state index contributed by atoms with van der Waals surface area (Å²) in [5.41, 5.74) is 13.1. The molecule has 0 heteroatoms. The third-order valence-electron chi connectivity index (χ3n) is 8.59. The number of allylic oxidation sites excluding steroid dienone is 4. The van der Waals surface area contributed by atoms with Crippen LogP contribution >= 0.6 is 0 Å². The second kappa shape index (κ2) is 9.88. The van der Waals surface area contributed by atoms with Gasteiger partial charge < -0.3 is 0 Å². The maximum Gasteiger partial charge on any atom is -0.000730 e. The number of aryl methyl sites for hydroxylation is 2. The van der Waals surface area contributed by atoms with Crippen LogP contribution in [-0.4, -0.2) is 0 Å². The molecule has 0 amide bonds. The Labute approximate surface area is 245 Å². The van der Waals surface area contributed by atoms with E-state index in [1.807, 2.05) is 0 Å². The Morgan fingerprint density at radius 2 is 1.29 bits per heavy atom. The zero-order valence-corrected chi connectivity index (χ0v) is 25.9. The van der Waals surface area contributed by atoms with Gasteiger partial charge in [-0.05, 0) is 115 Å². The number of rotatable bonds is 3. The van der Waals surface area contributed by atoms with Crippen molar-refractivity contribution in [3.8, 4) is 0 Å². The van der Waals surface area contributed by atoms with Crippen LogP contribution in [0.1, 0.15) is 92.5 Å². The fourth-order valence-corrected chi connectivity index (χ4v) is 6.20. The molecule has 4 aromatic rings. The van der Waals surface area contributed by atoms with E-state index in [4.69, 9.17) is 0 Å². The van der Waals surface area contributed by atoms with Crippen LogP contribution in [0.3, 0.4) is 0 Å². The van der Waals surface area contributed by atoms with Crippen LogP contribution in [0.25, 0.3) is 17.2 Å². The molecule has 0 fully saturated rings. The maximum atomic E-state index is 3.92. The Morgan fingerprint density at radius 3 is 1.80 bits per heavy atom. The summed E-state index contributed by atoms with van der Waals surface area (Å²) in [6.07, 6.45) is 11.7. The first-order valence-electron chi connectivity index (χ1n) is 14.9. The van der Waals surface area contributed by atoms with Crippen LogP contribution in [0, 0.1) is 24.3 Å². The van der Waals surface area contributed by atoms with Crippen molar-refractivity contribution in [1.29, 1.82) is 0 Å². The molecule has 205 valence electrons. The van der Waals surface area contributed by atoms with Gasteiger partial charge >= 0.3 is 0 Å². The van der Waals surface area contributed by atoms with E-state index in [-0.39, 0.29) is 10.8 Å². The summed E-state index contributed by atoms with van der Waals surface area (Å²) in [5, 5.41) is 5.17. The summed E-state index contributed by atoms with van der Waals surface area (Å²) in [7, 11) is 0. The predicted molar refractivity (Wildman–Crippen MR) is 175 cm³/mol. The van der Waals surface area contributed by atoms with Crippen molar-refractivity contribution in [3.63, 3.8) is 0 Å². The van der Waals surface area contributed by atoms with Gasteiger partial charge in [0.2, 0.25) is 0 Å². The molecule has 2 aliphatic carbocycles. The smallest absolute Gasteiger partial charge is 0.000730 e. The molecular formula is C41H41. The summed E-state index contributed by atoms with van der Waals surface area (Å²) in [6, 6.07) is 27.6. The molecule has 0 unspecified atom stereocenters. The van der Waals surface area contributed by atoms with E-state index < -0.39 is 0 Å². The van der Waals surface area contributed by atoms with Gasteiger partial charge in [-0.15, -0.1) is 0 Å². The average molecular weight is 534 g/mol. The van der Waals surface area contributed by atoms with Crippen LogP contribution in [0.2, 0.25) is 0 Å². The Kier molecular flexibility index (Phi) is 6.57. The number of hydrogen-bond acceptors (Lipinski definition) is 0. The molecule has 1 radical (unpaired) electrons. The summed E-state index contributed by atoms with van der Waals surface area (Å²) in [5.74, 6) is 0. The highest BCUT2D eigenvalue weighted by atomic mass is 14.3. The monoisotopic (exact) mass is 533 g/mol. The highest BCUT2D eigenvalue weighted by Crippen LogP contribution is 2.34. The molecule has 0 nitrogen and oxygen atoms in total. The molecular weight excluding hydrogens is 492 g/mol. The van der Waals surface area contributed by atoms with E-state index >= 15 is 0 Å². The number of fused-ring (bicyclic) bond motifs is 2. The van der Waals surface area contributed by atoms with E-state index in [0.717, 1.165) is 6.42 Å². The van der Waals surface area contributed by atoms with E-state index in [9.17, 15) is 0 Å². The molecule has 4 aromatic carbocycles. The Hall–Kier alpha value is -3.90. The zero-order chi connectivity index (χ0) is 29.1. The first-order valence-corrected chi connectivity index (χ1v) is 14.9. The van der Waals surface area contributed by atoms with Crippen molar-refractivity contribution in [3.05, 3.63) is 156 Å². The van der Waals surface area contributed by atoms with Crippen LogP contribution in [-0.2, 0) is 10.8 Å².